The van der Waals surface area contributed by atoms with Crippen LogP contribution in [0, 0.1) is 11.8 Å². The van der Waals surface area contributed by atoms with Crippen LogP contribution in [-0.2, 0) is 20.8 Å². The number of ketones is 1. The standard InChI is InChI=1S/C25H36N4O4/c1-15(2)23(31)21(10-11-26)28-25(33)22(16(3)30)29-24(32)20(14-27)13-17-8-9-18-6-4-5-7-19(18)12-17/h4-9,12,15-16,20-22,30H,10-11,13-14,26-27H2,1-3H3,(H,28,33)(H,29,32)/t16-,20?,21-,22-/m0/s1. The number of nitrogens with one attached hydrogen (secondary N) is 2. The molecule has 8 nitrogen and oxygen atoms in total. The predicted molar refractivity (Wildman–Crippen MR) is 129 cm³/mol. The van der Waals surface area contributed by atoms with Gasteiger partial charge in [0.2, 0.25) is 11.8 Å². The fraction of sp³-hybridized carbons (Fsp3) is 0.480. The van der Waals surface area contributed by atoms with Gasteiger partial charge in [-0.05, 0) is 42.6 Å². The molecule has 0 heterocycles. The van der Waals surface area contributed by atoms with E-state index in [0.717, 1.165) is 16.3 Å². The molecule has 2 amide bonds. The zero-order chi connectivity index (χ0) is 24.5. The van der Waals surface area contributed by atoms with Crippen molar-refractivity contribution < 1.29 is 19.5 Å². The molecule has 180 valence electrons. The lowest BCUT2D eigenvalue weighted by molar-refractivity contribution is -0.135. The molecular formula is C25H36N4O4. The summed E-state index contributed by atoms with van der Waals surface area (Å²) in [4.78, 5) is 38.2. The second-order valence-corrected chi connectivity index (χ2v) is 8.74. The number of fused-ring (bicyclic) bond motifs is 1. The average molecular weight is 457 g/mol. The van der Waals surface area contributed by atoms with Crippen molar-refractivity contribution >= 4 is 28.4 Å². The van der Waals surface area contributed by atoms with Crippen molar-refractivity contribution in [1.82, 2.24) is 10.6 Å². The lowest BCUT2D eigenvalue weighted by atomic mass is 9.95. The van der Waals surface area contributed by atoms with Gasteiger partial charge in [-0.2, -0.15) is 0 Å². The molecule has 0 radical (unpaired) electrons. The van der Waals surface area contributed by atoms with E-state index >= 15 is 0 Å². The number of carbonyl (C=O) groups is 3. The second kappa shape index (κ2) is 12.4. The lowest BCUT2D eigenvalue weighted by Gasteiger charge is -2.26. The SMILES string of the molecule is CC(C)C(=O)[C@H](CCN)NC(=O)[C@@H](NC(=O)C(CN)Cc1ccc2ccccc2c1)[C@H](C)O. The highest BCUT2D eigenvalue weighted by Gasteiger charge is 2.31. The maximum absolute atomic E-state index is 12.9. The van der Waals surface area contributed by atoms with Crippen LogP contribution in [0.5, 0.6) is 0 Å². The van der Waals surface area contributed by atoms with Crippen molar-refractivity contribution in [2.75, 3.05) is 13.1 Å². The number of hydrogen-bond acceptors (Lipinski definition) is 6. The highest BCUT2D eigenvalue weighted by atomic mass is 16.3. The third kappa shape index (κ3) is 7.35. The van der Waals surface area contributed by atoms with Gasteiger partial charge in [-0.1, -0.05) is 56.3 Å². The topological polar surface area (TPSA) is 148 Å². The van der Waals surface area contributed by atoms with Gasteiger partial charge in [0.15, 0.2) is 5.78 Å². The Morgan fingerprint density at radius 3 is 2.18 bits per heavy atom. The van der Waals surface area contributed by atoms with Crippen molar-refractivity contribution in [2.24, 2.45) is 23.3 Å². The van der Waals surface area contributed by atoms with Crippen molar-refractivity contribution in [1.29, 1.82) is 0 Å². The second-order valence-electron chi connectivity index (χ2n) is 8.74. The van der Waals surface area contributed by atoms with Crippen LogP contribution < -0.4 is 22.1 Å². The number of rotatable bonds is 12. The molecule has 2 aromatic rings. The zero-order valence-electron chi connectivity index (χ0n) is 19.6. The third-order valence-electron chi connectivity index (χ3n) is 5.70. The Balaban J connectivity index is 2.11. The summed E-state index contributed by atoms with van der Waals surface area (Å²) < 4.78 is 0. The third-order valence-corrected chi connectivity index (χ3v) is 5.70. The van der Waals surface area contributed by atoms with Gasteiger partial charge >= 0.3 is 0 Å². The van der Waals surface area contributed by atoms with E-state index in [1.807, 2.05) is 42.5 Å². The fourth-order valence-corrected chi connectivity index (χ4v) is 3.73. The van der Waals surface area contributed by atoms with Gasteiger partial charge in [0.05, 0.1) is 18.1 Å². The first kappa shape index (κ1) is 26.4. The molecule has 0 saturated heterocycles. The first-order chi connectivity index (χ1) is 15.7. The minimum atomic E-state index is -1.22. The van der Waals surface area contributed by atoms with Crippen LogP contribution in [0.2, 0.25) is 0 Å². The fourth-order valence-electron chi connectivity index (χ4n) is 3.73. The van der Waals surface area contributed by atoms with Crippen LogP contribution in [0.3, 0.4) is 0 Å². The van der Waals surface area contributed by atoms with Crippen LogP contribution in [0.15, 0.2) is 42.5 Å². The van der Waals surface area contributed by atoms with E-state index < -0.39 is 35.9 Å². The van der Waals surface area contributed by atoms with Crippen molar-refractivity contribution in [3.8, 4) is 0 Å². The molecule has 0 fully saturated rings. The van der Waals surface area contributed by atoms with E-state index in [1.165, 1.54) is 6.92 Å². The number of amides is 2. The normalized spacial score (nSPS) is 15.0. The first-order valence-electron chi connectivity index (χ1n) is 11.4. The molecule has 0 aliphatic carbocycles. The van der Waals surface area contributed by atoms with Crippen molar-refractivity contribution in [2.45, 2.75) is 51.8 Å². The summed E-state index contributed by atoms with van der Waals surface area (Å²) in [7, 11) is 0. The Morgan fingerprint density at radius 2 is 1.61 bits per heavy atom. The van der Waals surface area contributed by atoms with Crippen LogP contribution in [0.25, 0.3) is 10.8 Å². The Kier molecular flexibility index (Phi) is 9.96. The van der Waals surface area contributed by atoms with E-state index in [-0.39, 0.29) is 31.2 Å². The summed E-state index contributed by atoms with van der Waals surface area (Å²) in [5, 5.41) is 17.6. The molecule has 0 saturated carbocycles. The van der Waals surface area contributed by atoms with Crippen LogP contribution in [0.4, 0.5) is 0 Å². The maximum atomic E-state index is 12.9. The summed E-state index contributed by atoms with van der Waals surface area (Å²) in [5.41, 5.74) is 12.4. The Labute approximate surface area is 195 Å². The minimum Gasteiger partial charge on any atom is -0.391 e. The quantitative estimate of drug-likeness (QED) is 0.320. The molecule has 0 bridgehead atoms. The zero-order valence-corrected chi connectivity index (χ0v) is 19.6. The number of Topliss-reactive ketones (excluding diaryl/α,β-unsaturated/α-hetero) is 1. The molecule has 2 rings (SSSR count). The Hall–Kier alpha value is -2.81. The summed E-state index contributed by atoms with van der Waals surface area (Å²) in [6.07, 6.45) is -0.500. The van der Waals surface area contributed by atoms with E-state index in [1.54, 1.807) is 13.8 Å². The average Bonchev–Trinajstić information content (AvgIpc) is 2.79. The molecule has 7 N–H and O–H groups in total. The van der Waals surface area contributed by atoms with E-state index in [9.17, 15) is 19.5 Å². The van der Waals surface area contributed by atoms with Crippen molar-refractivity contribution in [3.05, 3.63) is 48.0 Å². The van der Waals surface area contributed by atoms with Gasteiger partial charge < -0.3 is 27.2 Å². The Morgan fingerprint density at radius 1 is 0.939 bits per heavy atom. The highest BCUT2D eigenvalue weighted by Crippen LogP contribution is 2.18. The molecule has 0 aromatic heterocycles. The van der Waals surface area contributed by atoms with Gasteiger partial charge in [-0.15, -0.1) is 0 Å². The summed E-state index contributed by atoms with van der Waals surface area (Å²) >= 11 is 0. The van der Waals surface area contributed by atoms with Crippen LogP contribution >= 0.6 is 0 Å². The number of aliphatic hydroxyl groups is 1. The van der Waals surface area contributed by atoms with E-state index in [2.05, 4.69) is 10.6 Å². The molecule has 0 aliphatic heterocycles. The van der Waals surface area contributed by atoms with E-state index in [0.29, 0.717) is 6.42 Å². The van der Waals surface area contributed by atoms with Gasteiger partial charge in [-0.3, -0.25) is 14.4 Å². The number of nitrogens with two attached hydrogens (primary N) is 2. The molecule has 33 heavy (non-hydrogen) atoms. The lowest BCUT2D eigenvalue weighted by Crippen LogP contribution is -2.57. The van der Waals surface area contributed by atoms with Crippen molar-refractivity contribution in [3.63, 3.8) is 0 Å². The first-order valence-corrected chi connectivity index (χ1v) is 11.4. The monoisotopic (exact) mass is 456 g/mol. The number of benzene rings is 2. The molecule has 0 spiro atoms. The largest absolute Gasteiger partial charge is 0.391 e. The number of aliphatic hydroxyl groups excluding tert-OH is 1. The van der Waals surface area contributed by atoms with Gasteiger partial charge in [-0.25, -0.2) is 0 Å². The summed E-state index contributed by atoms with van der Waals surface area (Å²) in [5.74, 6) is -2.09. The minimum absolute atomic E-state index is 0.0778. The van der Waals surface area contributed by atoms with Gasteiger partial charge in [0, 0.05) is 12.5 Å². The molecule has 1 unspecified atom stereocenters. The van der Waals surface area contributed by atoms with Gasteiger partial charge in [0.25, 0.3) is 0 Å². The highest BCUT2D eigenvalue weighted by molar-refractivity contribution is 5.94. The van der Waals surface area contributed by atoms with Gasteiger partial charge in [0.1, 0.15) is 6.04 Å². The number of carbonyl (C=O) groups excluding carboxylic acids is 3. The summed E-state index contributed by atoms with van der Waals surface area (Å²) in [6.45, 7) is 5.19. The molecule has 2 aromatic carbocycles. The molecule has 0 aliphatic rings. The van der Waals surface area contributed by atoms with Crippen LogP contribution in [0.1, 0.15) is 32.8 Å². The number of hydrogen-bond donors (Lipinski definition) is 5. The molecule has 4 atom stereocenters. The van der Waals surface area contributed by atoms with E-state index in [4.69, 9.17) is 11.5 Å². The molecule has 8 heteroatoms. The van der Waals surface area contributed by atoms with Crippen LogP contribution in [-0.4, -0.2) is 54.0 Å². The Bertz CT molecular complexity index is 960. The maximum Gasteiger partial charge on any atom is 0.245 e. The summed E-state index contributed by atoms with van der Waals surface area (Å²) in [6, 6.07) is 11.9. The smallest absolute Gasteiger partial charge is 0.245 e. The molecular weight excluding hydrogens is 420 g/mol. The predicted octanol–water partition coefficient (Wildman–Crippen LogP) is 0.882.